The smallest absolute Gasteiger partial charge is 0.421 e. The number of carbonyl (C=O) groups excluding carboxylic acids is 1. The first-order valence-electron chi connectivity index (χ1n) is 7.00. The van der Waals surface area contributed by atoms with Crippen molar-refractivity contribution in [2.75, 3.05) is 20.2 Å². The first kappa shape index (κ1) is 17.2. The highest BCUT2D eigenvalue weighted by molar-refractivity contribution is 7.87. The van der Waals surface area contributed by atoms with Crippen LogP contribution in [-0.2, 0) is 14.9 Å². The van der Waals surface area contributed by atoms with Crippen molar-refractivity contribution in [2.45, 2.75) is 51.0 Å². The van der Waals surface area contributed by atoms with Crippen molar-refractivity contribution >= 4 is 16.3 Å². The highest BCUT2D eigenvalue weighted by Gasteiger charge is 2.42. The molecule has 0 unspecified atom stereocenters. The van der Waals surface area contributed by atoms with Gasteiger partial charge in [-0.25, -0.2) is 9.52 Å². The number of carbonyl (C=O) groups is 1. The zero-order chi connectivity index (χ0) is 15.2. The van der Waals surface area contributed by atoms with Gasteiger partial charge >= 0.3 is 16.3 Å². The third kappa shape index (κ3) is 3.83. The van der Waals surface area contributed by atoms with E-state index < -0.39 is 21.8 Å². The fourth-order valence-electron chi connectivity index (χ4n) is 2.90. The number of nitrogens with zero attached hydrogens (tertiary/aromatic N) is 1. The third-order valence-electron chi connectivity index (χ3n) is 3.92. The lowest BCUT2D eigenvalue weighted by atomic mass is 9.90. The van der Waals surface area contributed by atoms with Crippen LogP contribution in [0.4, 0.5) is 4.79 Å². The van der Waals surface area contributed by atoms with E-state index in [1.165, 1.54) is 4.31 Å². The molecule has 1 aliphatic rings. The number of methoxy groups -OCH3 is 1. The number of nitrogens with one attached hydrogen (secondary N) is 1. The van der Waals surface area contributed by atoms with Gasteiger partial charge in [0.1, 0.15) is 0 Å². The molecule has 0 aliphatic heterocycles. The van der Waals surface area contributed by atoms with Crippen molar-refractivity contribution in [3.8, 4) is 0 Å². The van der Waals surface area contributed by atoms with Crippen LogP contribution in [0.5, 0.6) is 0 Å². The van der Waals surface area contributed by atoms with Crippen molar-refractivity contribution < 1.29 is 17.9 Å². The Labute approximate surface area is 121 Å². The van der Waals surface area contributed by atoms with Gasteiger partial charge in [0.15, 0.2) is 0 Å². The predicted molar refractivity (Wildman–Crippen MR) is 76.3 cm³/mol. The van der Waals surface area contributed by atoms with Crippen LogP contribution in [0.1, 0.15) is 45.4 Å². The standard InChI is InChI=1S/C12H25N3O4S/c1-3-15(20(17,18)14-11(16)19-2)12(10-13)8-6-4-5-7-9-12/h3-10,13H2,1-2H3,(H,14,16). The first-order chi connectivity index (χ1) is 9.41. The van der Waals surface area contributed by atoms with Gasteiger partial charge < -0.3 is 10.5 Å². The van der Waals surface area contributed by atoms with Gasteiger partial charge in [0, 0.05) is 18.6 Å². The molecule has 0 bridgehead atoms. The second-order valence-electron chi connectivity index (χ2n) is 5.11. The monoisotopic (exact) mass is 307 g/mol. The number of ether oxygens (including phenoxy) is 1. The summed E-state index contributed by atoms with van der Waals surface area (Å²) in [7, 11) is -2.81. The number of amides is 1. The number of nitrogens with two attached hydrogens (primary N) is 1. The highest BCUT2D eigenvalue weighted by atomic mass is 32.2. The van der Waals surface area contributed by atoms with Gasteiger partial charge in [-0.3, -0.25) is 0 Å². The Morgan fingerprint density at radius 1 is 1.30 bits per heavy atom. The average Bonchev–Trinajstić information content (AvgIpc) is 2.65. The molecule has 1 aliphatic carbocycles. The van der Waals surface area contributed by atoms with E-state index in [2.05, 4.69) is 4.74 Å². The predicted octanol–water partition coefficient (Wildman–Crippen LogP) is 0.961. The maximum absolute atomic E-state index is 12.4. The minimum absolute atomic E-state index is 0.253. The molecule has 0 aromatic rings. The lowest BCUT2D eigenvalue weighted by Crippen LogP contribution is -2.59. The summed E-state index contributed by atoms with van der Waals surface area (Å²) in [5.41, 5.74) is 5.29. The molecule has 3 N–H and O–H groups in total. The van der Waals surface area contributed by atoms with Crippen LogP contribution in [0.3, 0.4) is 0 Å². The summed E-state index contributed by atoms with van der Waals surface area (Å²) in [6, 6.07) is 0. The van der Waals surface area contributed by atoms with Crippen LogP contribution in [0.2, 0.25) is 0 Å². The van der Waals surface area contributed by atoms with E-state index >= 15 is 0 Å². The van der Waals surface area contributed by atoms with Crippen molar-refractivity contribution in [2.24, 2.45) is 5.73 Å². The first-order valence-corrected chi connectivity index (χ1v) is 8.44. The fourth-order valence-corrected chi connectivity index (χ4v) is 4.42. The van der Waals surface area contributed by atoms with Gasteiger partial charge in [-0.15, -0.1) is 0 Å². The van der Waals surface area contributed by atoms with Crippen LogP contribution < -0.4 is 10.5 Å². The van der Waals surface area contributed by atoms with Crippen LogP contribution in [0, 0.1) is 0 Å². The third-order valence-corrected chi connectivity index (χ3v) is 5.57. The molecule has 1 rings (SSSR count). The zero-order valence-electron chi connectivity index (χ0n) is 12.2. The van der Waals surface area contributed by atoms with Crippen LogP contribution in [0.25, 0.3) is 0 Å². The Morgan fingerprint density at radius 2 is 1.85 bits per heavy atom. The molecular formula is C12H25N3O4S. The topological polar surface area (TPSA) is 102 Å². The molecule has 0 radical (unpaired) electrons. The van der Waals surface area contributed by atoms with Crippen LogP contribution in [-0.4, -0.2) is 44.6 Å². The summed E-state index contributed by atoms with van der Waals surface area (Å²) < 4.78 is 32.3. The van der Waals surface area contributed by atoms with E-state index in [1.54, 1.807) is 6.92 Å². The largest absolute Gasteiger partial charge is 0.452 e. The number of rotatable bonds is 5. The van der Waals surface area contributed by atoms with Gasteiger partial charge in [-0.1, -0.05) is 32.6 Å². The molecule has 7 nitrogen and oxygen atoms in total. The molecular weight excluding hydrogens is 282 g/mol. The lowest BCUT2D eigenvalue weighted by Gasteiger charge is -2.41. The molecule has 1 fully saturated rings. The molecule has 0 aromatic heterocycles. The molecule has 118 valence electrons. The van der Waals surface area contributed by atoms with Gasteiger partial charge in [0.05, 0.1) is 7.11 Å². The van der Waals surface area contributed by atoms with Crippen molar-refractivity contribution in [3.05, 3.63) is 0 Å². The fraction of sp³-hybridized carbons (Fsp3) is 0.917. The van der Waals surface area contributed by atoms with E-state index in [9.17, 15) is 13.2 Å². The highest BCUT2D eigenvalue weighted by Crippen LogP contribution is 2.33. The number of hydrogen-bond donors (Lipinski definition) is 2. The Balaban J connectivity index is 3.04. The SMILES string of the molecule is CCN(C1(CN)CCCCCC1)S(=O)(=O)NC(=O)OC. The maximum Gasteiger partial charge on any atom is 0.421 e. The van der Waals surface area contributed by atoms with E-state index in [-0.39, 0.29) is 13.1 Å². The molecule has 0 aromatic carbocycles. The molecule has 0 heterocycles. The van der Waals surface area contributed by atoms with Crippen LogP contribution in [0.15, 0.2) is 0 Å². The second kappa shape index (κ2) is 7.24. The van der Waals surface area contributed by atoms with Crippen molar-refractivity contribution in [1.29, 1.82) is 0 Å². The summed E-state index contributed by atoms with van der Waals surface area (Å²) in [5, 5.41) is 0. The Kier molecular flexibility index (Phi) is 6.22. The summed E-state index contributed by atoms with van der Waals surface area (Å²) in [4.78, 5) is 11.2. The van der Waals surface area contributed by atoms with Gasteiger partial charge in [-0.05, 0) is 12.8 Å². The maximum atomic E-state index is 12.4. The van der Waals surface area contributed by atoms with Crippen LogP contribution >= 0.6 is 0 Å². The van der Waals surface area contributed by atoms with E-state index in [0.717, 1.165) is 45.6 Å². The quantitative estimate of drug-likeness (QED) is 0.737. The number of hydrogen-bond acceptors (Lipinski definition) is 5. The lowest BCUT2D eigenvalue weighted by molar-refractivity contribution is 0.163. The Morgan fingerprint density at radius 3 is 2.25 bits per heavy atom. The minimum atomic E-state index is -3.94. The summed E-state index contributed by atoms with van der Waals surface area (Å²) in [6.45, 7) is 2.27. The zero-order valence-corrected chi connectivity index (χ0v) is 13.0. The van der Waals surface area contributed by atoms with Gasteiger partial charge in [-0.2, -0.15) is 12.7 Å². The van der Waals surface area contributed by atoms with E-state index in [4.69, 9.17) is 5.73 Å². The van der Waals surface area contributed by atoms with Gasteiger partial charge in [0.2, 0.25) is 0 Å². The molecule has 0 saturated heterocycles. The molecule has 0 spiro atoms. The number of likely N-dealkylation sites (N-methyl/N-ethyl adjacent to an activating group) is 1. The second-order valence-corrected chi connectivity index (χ2v) is 6.70. The normalized spacial score (nSPS) is 19.4. The Bertz CT molecular complexity index is 416. The minimum Gasteiger partial charge on any atom is -0.452 e. The van der Waals surface area contributed by atoms with E-state index in [1.807, 2.05) is 4.72 Å². The summed E-state index contributed by atoms with van der Waals surface area (Å²) >= 11 is 0. The molecule has 1 saturated carbocycles. The van der Waals surface area contributed by atoms with Crippen molar-refractivity contribution in [3.63, 3.8) is 0 Å². The summed E-state index contributed by atoms with van der Waals surface area (Å²) in [5.74, 6) is 0. The molecule has 0 atom stereocenters. The summed E-state index contributed by atoms with van der Waals surface area (Å²) in [6.07, 6.45) is 4.53. The molecule has 20 heavy (non-hydrogen) atoms. The van der Waals surface area contributed by atoms with Crippen molar-refractivity contribution in [1.82, 2.24) is 9.03 Å². The average molecular weight is 307 g/mol. The molecule has 8 heteroatoms. The molecule has 1 amide bonds. The Hall–Kier alpha value is -0.860. The van der Waals surface area contributed by atoms with Gasteiger partial charge in [0.25, 0.3) is 0 Å². The van der Waals surface area contributed by atoms with E-state index in [0.29, 0.717) is 0 Å².